The molecule has 0 aliphatic heterocycles. The minimum Gasteiger partial charge on any atom is -0.487 e. The van der Waals surface area contributed by atoms with E-state index in [4.69, 9.17) is 9.47 Å². The Bertz CT molecular complexity index is 448. The number of hydrogen-bond acceptors (Lipinski definition) is 3. The van der Waals surface area contributed by atoms with Crippen LogP contribution in [0.3, 0.4) is 0 Å². The number of rotatable bonds is 3. The second-order valence-electron chi connectivity index (χ2n) is 6.41. The van der Waals surface area contributed by atoms with Crippen molar-refractivity contribution in [1.82, 2.24) is 0 Å². The highest BCUT2D eigenvalue weighted by Gasteiger charge is 2.42. The Morgan fingerprint density at radius 3 is 2.47 bits per heavy atom. The second-order valence-corrected chi connectivity index (χ2v) is 6.41. The minimum atomic E-state index is -0.405. The maximum atomic E-state index is 9.63. The molecule has 3 heteroatoms. The van der Waals surface area contributed by atoms with Crippen molar-refractivity contribution >= 4 is 0 Å². The summed E-state index contributed by atoms with van der Waals surface area (Å²) in [7, 11) is 1.62. The summed E-state index contributed by atoms with van der Waals surface area (Å²) in [4.78, 5) is 0. The molecular formula is C16H24O3. The average molecular weight is 264 g/mol. The number of aliphatic hydroxyl groups excluding tert-OH is 1. The molecule has 0 bridgehead atoms. The number of ether oxygens (including phenoxy) is 2. The minimum absolute atomic E-state index is 0.0357. The number of methoxy groups -OCH3 is 1. The van der Waals surface area contributed by atoms with Crippen LogP contribution in [0.5, 0.6) is 5.75 Å². The van der Waals surface area contributed by atoms with Crippen LogP contribution >= 0.6 is 0 Å². The summed E-state index contributed by atoms with van der Waals surface area (Å²) >= 11 is 0. The highest BCUT2D eigenvalue weighted by molar-refractivity contribution is 5.41. The van der Waals surface area contributed by atoms with E-state index >= 15 is 0 Å². The fourth-order valence-electron chi connectivity index (χ4n) is 2.49. The Hall–Kier alpha value is -1.06. The van der Waals surface area contributed by atoms with E-state index in [9.17, 15) is 5.11 Å². The van der Waals surface area contributed by atoms with E-state index in [-0.39, 0.29) is 17.6 Å². The molecule has 1 aromatic carbocycles. The number of aliphatic hydroxyl groups is 1. The van der Waals surface area contributed by atoms with Gasteiger partial charge in [0.15, 0.2) is 0 Å². The maximum absolute atomic E-state index is 9.63. The summed E-state index contributed by atoms with van der Waals surface area (Å²) in [6.45, 7) is 8.58. The summed E-state index contributed by atoms with van der Waals surface area (Å²) in [5.41, 5.74) is 2.40. The molecule has 3 nitrogen and oxygen atoms in total. The van der Waals surface area contributed by atoms with Crippen molar-refractivity contribution in [3.63, 3.8) is 0 Å². The van der Waals surface area contributed by atoms with E-state index in [2.05, 4.69) is 45.9 Å². The zero-order valence-electron chi connectivity index (χ0n) is 12.4. The van der Waals surface area contributed by atoms with Crippen LogP contribution < -0.4 is 4.74 Å². The van der Waals surface area contributed by atoms with Crippen LogP contribution in [-0.2, 0) is 10.2 Å². The molecule has 0 spiro atoms. The van der Waals surface area contributed by atoms with E-state index in [0.29, 0.717) is 6.42 Å². The van der Waals surface area contributed by atoms with Gasteiger partial charge in [-0.15, -0.1) is 0 Å². The molecule has 3 unspecified atom stereocenters. The molecule has 0 saturated heterocycles. The van der Waals surface area contributed by atoms with E-state index in [1.165, 1.54) is 11.1 Å². The first-order valence-electron chi connectivity index (χ1n) is 6.81. The van der Waals surface area contributed by atoms with Crippen LogP contribution in [0.15, 0.2) is 18.2 Å². The Kier molecular flexibility index (Phi) is 3.88. The van der Waals surface area contributed by atoms with Gasteiger partial charge in [-0.25, -0.2) is 0 Å². The van der Waals surface area contributed by atoms with Crippen molar-refractivity contribution in [3.8, 4) is 5.75 Å². The molecule has 1 aliphatic carbocycles. The van der Waals surface area contributed by atoms with E-state index in [1.807, 2.05) is 0 Å². The van der Waals surface area contributed by atoms with Crippen molar-refractivity contribution in [3.05, 3.63) is 29.3 Å². The molecule has 2 rings (SSSR count). The molecule has 19 heavy (non-hydrogen) atoms. The summed E-state index contributed by atoms with van der Waals surface area (Å²) in [5.74, 6) is 0.909. The van der Waals surface area contributed by atoms with Crippen LogP contribution in [0.4, 0.5) is 0 Å². The molecule has 1 N–H and O–H groups in total. The molecule has 1 saturated carbocycles. The fraction of sp³-hybridized carbons (Fsp3) is 0.625. The normalized spacial score (nSPS) is 26.9. The monoisotopic (exact) mass is 264 g/mol. The maximum Gasteiger partial charge on any atom is 0.130 e. The lowest BCUT2D eigenvalue weighted by atomic mass is 9.85. The van der Waals surface area contributed by atoms with E-state index < -0.39 is 6.10 Å². The molecule has 106 valence electrons. The Morgan fingerprint density at radius 2 is 1.95 bits per heavy atom. The third-order valence-electron chi connectivity index (χ3n) is 3.72. The lowest BCUT2D eigenvalue weighted by molar-refractivity contribution is -0.149. The fourth-order valence-corrected chi connectivity index (χ4v) is 2.49. The summed E-state index contributed by atoms with van der Waals surface area (Å²) in [6.07, 6.45) is -0.0372. The first-order chi connectivity index (χ1) is 8.82. The third kappa shape index (κ3) is 2.93. The van der Waals surface area contributed by atoms with Crippen molar-refractivity contribution in [1.29, 1.82) is 0 Å². The first kappa shape index (κ1) is 14.4. The molecule has 0 aromatic heterocycles. The summed E-state index contributed by atoms with van der Waals surface area (Å²) in [6, 6.07) is 6.30. The number of benzene rings is 1. The molecule has 1 aromatic rings. The van der Waals surface area contributed by atoms with Crippen molar-refractivity contribution in [2.24, 2.45) is 0 Å². The van der Waals surface area contributed by atoms with Crippen molar-refractivity contribution in [2.75, 3.05) is 7.11 Å². The van der Waals surface area contributed by atoms with Crippen molar-refractivity contribution < 1.29 is 14.6 Å². The van der Waals surface area contributed by atoms with Gasteiger partial charge in [0.2, 0.25) is 0 Å². The predicted octanol–water partition coefficient (Wildman–Crippen LogP) is 2.82. The zero-order valence-corrected chi connectivity index (χ0v) is 12.4. The van der Waals surface area contributed by atoms with E-state index in [0.717, 1.165) is 5.75 Å². The van der Waals surface area contributed by atoms with Crippen LogP contribution in [-0.4, -0.2) is 30.5 Å². The van der Waals surface area contributed by atoms with Gasteiger partial charge >= 0.3 is 0 Å². The van der Waals surface area contributed by atoms with Gasteiger partial charge in [0, 0.05) is 13.5 Å². The lowest BCUT2D eigenvalue weighted by Crippen LogP contribution is -2.54. The number of aryl methyl sites for hydroxylation is 1. The summed E-state index contributed by atoms with van der Waals surface area (Å²) in [5, 5.41) is 9.63. The molecule has 1 aliphatic rings. The van der Waals surface area contributed by atoms with E-state index in [1.54, 1.807) is 7.11 Å². The topological polar surface area (TPSA) is 38.7 Å². The van der Waals surface area contributed by atoms with Crippen LogP contribution in [0.2, 0.25) is 0 Å². The lowest BCUT2D eigenvalue weighted by Gasteiger charge is -2.40. The molecule has 0 heterocycles. The SMILES string of the molecule is COC1C(O)CC1Oc1cc(C)ccc1C(C)(C)C. The van der Waals surface area contributed by atoms with Crippen LogP contribution in [0.1, 0.15) is 38.3 Å². The highest BCUT2D eigenvalue weighted by atomic mass is 16.6. The van der Waals surface area contributed by atoms with Gasteiger partial charge in [0.25, 0.3) is 0 Å². The molecular weight excluding hydrogens is 240 g/mol. The van der Waals surface area contributed by atoms with Gasteiger partial charge in [-0.1, -0.05) is 32.9 Å². The Morgan fingerprint density at radius 1 is 1.26 bits per heavy atom. The molecule has 0 radical (unpaired) electrons. The molecule has 3 atom stereocenters. The molecule has 0 amide bonds. The Balaban J connectivity index is 2.22. The first-order valence-corrected chi connectivity index (χ1v) is 6.81. The van der Waals surface area contributed by atoms with Gasteiger partial charge in [0.05, 0.1) is 6.10 Å². The van der Waals surface area contributed by atoms with Crippen molar-refractivity contribution in [2.45, 2.75) is 57.8 Å². The quantitative estimate of drug-likeness (QED) is 0.912. The van der Waals surface area contributed by atoms with Crippen LogP contribution in [0, 0.1) is 6.92 Å². The van der Waals surface area contributed by atoms with Gasteiger partial charge in [-0.2, -0.15) is 0 Å². The standard InChI is InChI=1S/C16H24O3/c1-10-6-7-11(16(2,3)4)13(8-10)19-14-9-12(17)15(14)18-5/h6-8,12,14-15,17H,9H2,1-5H3. The van der Waals surface area contributed by atoms with Gasteiger partial charge in [-0.05, 0) is 29.5 Å². The molecule has 1 fully saturated rings. The van der Waals surface area contributed by atoms with Gasteiger partial charge in [0.1, 0.15) is 18.0 Å². The largest absolute Gasteiger partial charge is 0.487 e. The second kappa shape index (κ2) is 5.14. The van der Waals surface area contributed by atoms with Gasteiger partial charge in [-0.3, -0.25) is 0 Å². The average Bonchev–Trinajstić information content (AvgIpc) is 2.27. The van der Waals surface area contributed by atoms with Gasteiger partial charge < -0.3 is 14.6 Å². The highest BCUT2D eigenvalue weighted by Crippen LogP contribution is 2.36. The predicted molar refractivity (Wildman–Crippen MR) is 75.7 cm³/mol. The smallest absolute Gasteiger partial charge is 0.130 e. The summed E-state index contributed by atoms with van der Waals surface area (Å²) < 4.78 is 11.3. The zero-order chi connectivity index (χ0) is 14.2. The number of hydrogen-bond donors (Lipinski definition) is 1. The van der Waals surface area contributed by atoms with Crippen LogP contribution in [0.25, 0.3) is 0 Å². The third-order valence-corrected chi connectivity index (χ3v) is 3.72. The Labute approximate surface area is 115 Å².